The van der Waals surface area contributed by atoms with E-state index in [1.807, 2.05) is 19.2 Å². The standard InChI is InChI=1S/C20H24N4O4S/c1-4-9-28-15-6-5-13(21-20(27)24(3)7-8-25)10-14(15)17-22-18(26)16-12(2)11-29-19(16)23-17/h5-6,10-11,25H,4,7-9H2,1-3H3,(H,21,27)(H,22,23,26). The molecule has 0 fully saturated rings. The van der Waals surface area contributed by atoms with E-state index in [9.17, 15) is 9.59 Å². The van der Waals surface area contributed by atoms with Gasteiger partial charge >= 0.3 is 6.03 Å². The zero-order valence-corrected chi connectivity index (χ0v) is 17.4. The lowest BCUT2D eigenvalue weighted by molar-refractivity contribution is 0.202. The molecule has 0 aliphatic carbocycles. The van der Waals surface area contributed by atoms with E-state index in [1.165, 1.54) is 16.2 Å². The molecule has 29 heavy (non-hydrogen) atoms. The summed E-state index contributed by atoms with van der Waals surface area (Å²) >= 11 is 1.41. The van der Waals surface area contributed by atoms with Gasteiger partial charge in [0.2, 0.25) is 0 Å². The highest BCUT2D eigenvalue weighted by molar-refractivity contribution is 7.16. The largest absolute Gasteiger partial charge is 0.493 e. The van der Waals surface area contributed by atoms with Crippen molar-refractivity contribution in [3.8, 4) is 17.1 Å². The number of thiophene rings is 1. The number of anilines is 1. The van der Waals surface area contributed by atoms with Crippen molar-refractivity contribution in [3.63, 3.8) is 0 Å². The summed E-state index contributed by atoms with van der Waals surface area (Å²) in [6.07, 6.45) is 0.830. The number of aliphatic hydroxyl groups excluding tert-OH is 1. The molecule has 3 N–H and O–H groups in total. The van der Waals surface area contributed by atoms with E-state index >= 15 is 0 Å². The van der Waals surface area contributed by atoms with E-state index < -0.39 is 0 Å². The SMILES string of the molecule is CCCOc1ccc(NC(=O)N(C)CCO)cc1-c1nc2scc(C)c2c(=O)[nH]1. The molecule has 0 aliphatic heterocycles. The van der Waals surface area contributed by atoms with Crippen molar-refractivity contribution in [1.29, 1.82) is 0 Å². The van der Waals surface area contributed by atoms with Crippen molar-refractivity contribution in [2.45, 2.75) is 20.3 Å². The van der Waals surface area contributed by atoms with Gasteiger partial charge in [0.15, 0.2) is 0 Å². The summed E-state index contributed by atoms with van der Waals surface area (Å²) in [5.74, 6) is 0.958. The van der Waals surface area contributed by atoms with Gasteiger partial charge in [0, 0.05) is 19.3 Å². The van der Waals surface area contributed by atoms with Gasteiger partial charge in [-0.3, -0.25) is 4.79 Å². The Morgan fingerprint density at radius 3 is 2.93 bits per heavy atom. The first-order valence-electron chi connectivity index (χ1n) is 9.33. The Morgan fingerprint density at radius 2 is 2.21 bits per heavy atom. The number of hydrogen-bond acceptors (Lipinski definition) is 6. The number of aliphatic hydroxyl groups is 1. The molecule has 0 atom stereocenters. The van der Waals surface area contributed by atoms with E-state index in [4.69, 9.17) is 9.84 Å². The van der Waals surface area contributed by atoms with Crippen LogP contribution in [0.3, 0.4) is 0 Å². The highest BCUT2D eigenvalue weighted by Gasteiger charge is 2.16. The fraction of sp³-hybridized carbons (Fsp3) is 0.350. The number of ether oxygens (including phenoxy) is 1. The van der Waals surface area contributed by atoms with Crippen LogP contribution < -0.4 is 15.6 Å². The van der Waals surface area contributed by atoms with Crippen LogP contribution in [0.2, 0.25) is 0 Å². The number of carbonyl (C=O) groups is 1. The lowest BCUT2D eigenvalue weighted by Crippen LogP contribution is -2.33. The van der Waals surface area contributed by atoms with Crippen molar-refractivity contribution in [3.05, 3.63) is 39.5 Å². The Balaban J connectivity index is 2.03. The van der Waals surface area contributed by atoms with Gasteiger partial charge in [-0.25, -0.2) is 9.78 Å². The second kappa shape index (κ2) is 9.06. The van der Waals surface area contributed by atoms with Crippen molar-refractivity contribution in [2.75, 3.05) is 32.1 Å². The van der Waals surface area contributed by atoms with Crippen LogP contribution in [0.15, 0.2) is 28.4 Å². The molecule has 3 aromatic rings. The molecule has 1 aromatic carbocycles. The number of rotatable bonds is 7. The molecule has 0 saturated carbocycles. The molecule has 154 valence electrons. The van der Waals surface area contributed by atoms with Crippen LogP contribution in [-0.2, 0) is 0 Å². The number of aromatic amines is 1. The zero-order valence-electron chi connectivity index (χ0n) is 16.6. The Bertz CT molecular complexity index is 1080. The molecule has 9 heteroatoms. The molecular weight excluding hydrogens is 392 g/mol. The van der Waals surface area contributed by atoms with Gasteiger partial charge in [0.1, 0.15) is 16.4 Å². The summed E-state index contributed by atoms with van der Waals surface area (Å²) in [4.78, 5) is 34.3. The van der Waals surface area contributed by atoms with Gasteiger partial charge < -0.3 is 25.0 Å². The maximum atomic E-state index is 12.6. The van der Waals surface area contributed by atoms with Crippen LogP contribution in [0.4, 0.5) is 10.5 Å². The number of benzene rings is 1. The maximum absolute atomic E-state index is 12.6. The third-order valence-electron chi connectivity index (χ3n) is 4.36. The molecule has 3 rings (SSSR count). The van der Waals surface area contributed by atoms with Crippen molar-refractivity contribution >= 4 is 33.3 Å². The zero-order chi connectivity index (χ0) is 21.0. The quantitative estimate of drug-likeness (QED) is 0.548. The normalized spacial score (nSPS) is 10.9. The second-order valence-corrected chi connectivity index (χ2v) is 7.51. The van der Waals surface area contributed by atoms with Crippen LogP contribution in [0.1, 0.15) is 18.9 Å². The molecule has 8 nitrogen and oxygen atoms in total. The molecule has 0 unspecified atom stereocenters. The molecule has 2 aromatic heterocycles. The maximum Gasteiger partial charge on any atom is 0.321 e. The van der Waals surface area contributed by atoms with E-state index in [0.29, 0.717) is 39.6 Å². The number of aryl methyl sites for hydroxylation is 1. The number of hydrogen-bond donors (Lipinski definition) is 3. The third-order valence-corrected chi connectivity index (χ3v) is 5.35. The predicted octanol–water partition coefficient (Wildman–Crippen LogP) is 3.20. The minimum absolute atomic E-state index is 0.121. The molecule has 2 amide bonds. The number of aromatic nitrogens is 2. The first kappa shape index (κ1) is 20.8. The molecule has 0 bridgehead atoms. The summed E-state index contributed by atoms with van der Waals surface area (Å²) in [7, 11) is 1.59. The number of amides is 2. The van der Waals surface area contributed by atoms with Crippen molar-refractivity contribution in [2.24, 2.45) is 0 Å². The Hall–Kier alpha value is -2.91. The number of likely N-dealkylation sites (N-methyl/N-ethyl adjacent to an activating group) is 1. The number of carbonyl (C=O) groups excluding carboxylic acids is 1. The number of nitrogens with zero attached hydrogens (tertiary/aromatic N) is 2. The minimum Gasteiger partial charge on any atom is -0.493 e. The number of H-pyrrole nitrogens is 1. The summed E-state index contributed by atoms with van der Waals surface area (Å²) in [5.41, 5.74) is 1.80. The third kappa shape index (κ3) is 4.57. The van der Waals surface area contributed by atoms with E-state index in [-0.39, 0.29) is 24.7 Å². The fourth-order valence-electron chi connectivity index (χ4n) is 2.82. The van der Waals surface area contributed by atoms with Gasteiger partial charge in [-0.2, -0.15) is 0 Å². The lowest BCUT2D eigenvalue weighted by atomic mass is 10.1. The molecular formula is C20H24N4O4S. The van der Waals surface area contributed by atoms with Crippen LogP contribution >= 0.6 is 11.3 Å². The van der Waals surface area contributed by atoms with E-state index in [0.717, 1.165) is 12.0 Å². The van der Waals surface area contributed by atoms with Crippen molar-refractivity contribution < 1.29 is 14.6 Å². The van der Waals surface area contributed by atoms with Crippen LogP contribution in [0.5, 0.6) is 5.75 Å². The van der Waals surface area contributed by atoms with Crippen LogP contribution in [0.25, 0.3) is 21.6 Å². The topological polar surface area (TPSA) is 108 Å². The Labute approximate surface area is 172 Å². The predicted molar refractivity (Wildman–Crippen MR) is 115 cm³/mol. The van der Waals surface area contributed by atoms with Gasteiger partial charge in [0.25, 0.3) is 5.56 Å². The average Bonchev–Trinajstić information content (AvgIpc) is 3.08. The summed E-state index contributed by atoms with van der Waals surface area (Å²) < 4.78 is 5.83. The van der Waals surface area contributed by atoms with Crippen LogP contribution in [0, 0.1) is 6.92 Å². The highest BCUT2D eigenvalue weighted by atomic mass is 32.1. The van der Waals surface area contributed by atoms with Gasteiger partial charge in [-0.1, -0.05) is 6.92 Å². The second-order valence-electron chi connectivity index (χ2n) is 6.65. The molecule has 0 radical (unpaired) electrons. The first-order chi connectivity index (χ1) is 13.9. The summed E-state index contributed by atoms with van der Waals surface area (Å²) in [5, 5.41) is 14.3. The lowest BCUT2D eigenvalue weighted by Gasteiger charge is -2.18. The van der Waals surface area contributed by atoms with E-state index in [2.05, 4.69) is 15.3 Å². The molecule has 0 aliphatic rings. The Morgan fingerprint density at radius 1 is 1.41 bits per heavy atom. The summed E-state index contributed by atoms with van der Waals surface area (Å²) in [6, 6.07) is 4.85. The molecule has 2 heterocycles. The Kier molecular flexibility index (Phi) is 6.50. The van der Waals surface area contributed by atoms with Gasteiger partial charge in [0.05, 0.1) is 24.2 Å². The first-order valence-corrected chi connectivity index (χ1v) is 10.2. The van der Waals surface area contributed by atoms with Gasteiger partial charge in [-0.05, 0) is 42.5 Å². The van der Waals surface area contributed by atoms with Gasteiger partial charge in [-0.15, -0.1) is 11.3 Å². The smallest absolute Gasteiger partial charge is 0.321 e. The number of nitrogens with one attached hydrogen (secondary N) is 2. The molecule has 0 saturated heterocycles. The summed E-state index contributed by atoms with van der Waals surface area (Å²) in [6.45, 7) is 4.50. The van der Waals surface area contributed by atoms with Crippen LogP contribution in [-0.4, -0.2) is 52.8 Å². The fourth-order valence-corrected chi connectivity index (χ4v) is 3.74. The number of urea groups is 1. The average molecular weight is 417 g/mol. The monoisotopic (exact) mass is 416 g/mol. The van der Waals surface area contributed by atoms with Crippen molar-refractivity contribution in [1.82, 2.24) is 14.9 Å². The van der Waals surface area contributed by atoms with E-state index in [1.54, 1.807) is 25.2 Å². The number of fused-ring (bicyclic) bond motifs is 1. The minimum atomic E-state index is -0.349. The highest BCUT2D eigenvalue weighted by Crippen LogP contribution is 2.32. The molecule has 0 spiro atoms.